The molecule has 148 valence electrons. The molecule has 1 aliphatic heterocycles. The van der Waals surface area contributed by atoms with Gasteiger partial charge in [-0.2, -0.15) is 0 Å². The number of hydrogen-bond acceptors (Lipinski definition) is 7. The Labute approximate surface area is 168 Å². The summed E-state index contributed by atoms with van der Waals surface area (Å²) in [5, 5.41) is 17.6. The van der Waals surface area contributed by atoms with E-state index in [4.69, 9.17) is 4.74 Å². The van der Waals surface area contributed by atoms with Gasteiger partial charge in [0.2, 0.25) is 0 Å². The normalized spacial score (nSPS) is 17.5. The number of aromatic amines is 1. The van der Waals surface area contributed by atoms with Crippen molar-refractivity contribution in [2.45, 2.75) is 39.5 Å². The first kappa shape index (κ1) is 18.0. The predicted octanol–water partition coefficient (Wildman–Crippen LogP) is 2.84. The Hall–Kier alpha value is -2.06. The van der Waals surface area contributed by atoms with Crippen LogP contribution in [0.3, 0.4) is 0 Å². The lowest BCUT2D eigenvalue weighted by Crippen LogP contribution is -2.40. The topological polar surface area (TPSA) is 77.3 Å². The molecule has 0 atom stereocenters. The van der Waals surface area contributed by atoms with Crippen LogP contribution in [0.25, 0.3) is 20.4 Å². The minimum atomic E-state index is 0.548. The summed E-state index contributed by atoms with van der Waals surface area (Å²) in [6.45, 7) is 8.76. The molecule has 3 aromatic rings. The number of aryl methyl sites for hydroxylation is 1. The first-order valence-corrected chi connectivity index (χ1v) is 11.1. The average molecular weight is 400 g/mol. The van der Waals surface area contributed by atoms with E-state index < -0.39 is 0 Å². The van der Waals surface area contributed by atoms with E-state index in [1.54, 1.807) is 11.3 Å². The van der Waals surface area contributed by atoms with Crippen LogP contribution in [0.15, 0.2) is 0 Å². The van der Waals surface area contributed by atoms with E-state index in [-0.39, 0.29) is 0 Å². The van der Waals surface area contributed by atoms with Gasteiger partial charge in [0.05, 0.1) is 18.6 Å². The molecule has 0 saturated carbocycles. The molecule has 0 bridgehead atoms. The van der Waals surface area contributed by atoms with Gasteiger partial charge >= 0.3 is 0 Å². The van der Waals surface area contributed by atoms with E-state index in [1.807, 2.05) is 0 Å². The van der Waals surface area contributed by atoms with Crippen molar-refractivity contribution in [2.75, 3.05) is 43.1 Å². The lowest BCUT2D eigenvalue weighted by Gasteiger charge is -2.25. The number of rotatable bonds is 4. The van der Waals surface area contributed by atoms with E-state index in [1.165, 1.54) is 40.0 Å². The zero-order valence-electron chi connectivity index (χ0n) is 16.5. The summed E-state index contributed by atoms with van der Waals surface area (Å²) < 4.78 is 6.68. The van der Waals surface area contributed by atoms with Gasteiger partial charge in [0.1, 0.15) is 23.3 Å². The van der Waals surface area contributed by atoms with E-state index in [0.717, 1.165) is 61.7 Å². The summed E-state index contributed by atoms with van der Waals surface area (Å²) >= 11 is 1.75. The molecule has 0 aromatic carbocycles. The minimum absolute atomic E-state index is 0.548. The molecule has 4 heterocycles. The van der Waals surface area contributed by atoms with E-state index >= 15 is 0 Å². The summed E-state index contributed by atoms with van der Waals surface area (Å²) in [5.74, 6) is 2.69. The third kappa shape index (κ3) is 3.08. The van der Waals surface area contributed by atoms with Crippen LogP contribution in [0.1, 0.15) is 37.8 Å². The fourth-order valence-corrected chi connectivity index (χ4v) is 5.43. The number of nitrogens with one attached hydrogen (secondary N) is 2. The maximum absolute atomic E-state index is 5.57. The molecule has 1 aliphatic carbocycles. The van der Waals surface area contributed by atoms with Gasteiger partial charge in [-0.25, -0.2) is 4.98 Å². The maximum atomic E-state index is 5.57. The number of H-pyrrole nitrogens is 1. The monoisotopic (exact) mass is 399 g/mol. The molecule has 2 aliphatic rings. The van der Waals surface area contributed by atoms with Crippen molar-refractivity contribution in [3.05, 3.63) is 11.1 Å². The van der Waals surface area contributed by atoms with Crippen molar-refractivity contribution in [2.24, 2.45) is 5.92 Å². The Morgan fingerprint density at radius 1 is 1.14 bits per heavy atom. The van der Waals surface area contributed by atoms with Crippen LogP contribution in [0, 0.1) is 5.92 Å². The van der Waals surface area contributed by atoms with Crippen LogP contribution >= 0.6 is 11.3 Å². The Morgan fingerprint density at radius 2 is 1.93 bits per heavy atom. The molecule has 1 fully saturated rings. The molecule has 1 saturated heterocycles. The Morgan fingerprint density at radius 3 is 2.71 bits per heavy atom. The van der Waals surface area contributed by atoms with Crippen LogP contribution in [-0.2, 0) is 17.6 Å². The summed E-state index contributed by atoms with van der Waals surface area (Å²) in [5.41, 5.74) is 3.92. The highest BCUT2D eigenvalue weighted by molar-refractivity contribution is 7.25. The zero-order valence-corrected chi connectivity index (χ0v) is 17.4. The first-order chi connectivity index (χ1) is 13.7. The lowest BCUT2D eigenvalue weighted by molar-refractivity contribution is -0.328. The van der Waals surface area contributed by atoms with Gasteiger partial charge in [0.15, 0.2) is 10.6 Å². The highest BCUT2D eigenvalue weighted by Crippen LogP contribution is 2.40. The van der Waals surface area contributed by atoms with Crippen LogP contribution in [0.2, 0.25) is 0 Å². The van der Waals surface area contributed by atoms with Crippen LogP contribution in [0.4, 0.5) is 11.6 Å². The largest absolute Gasteiger partial charge is 0.373 e. The van der Waals surface area contributed by atoms with Crippen molar-refractivity contribution >= 4 is 43.4 Å². The molecular formula is C20H27N6OS+. The van der Waals surface area contributed by atoms with E-state index in [9.17, 15) is 0 Å². The molecule has 28 heavy (non-hydrogen) atoms. The Kier molecular flexibility index (Phi) is 4.76. The van der Waals surface area contributed by atoms with Gasteiger partial charge in [0.25, 0.3) is 5.82 Å². The Balaban J connectivity index is 1.70. The summed E-state index contributed by atoms with van der Waals surface area (Å²) in [6.07, 6.45) is 4.73. The standard InChI is InChI=1S/C20H26N6OS/c1-12(2)11-21-18-17-16(23-25-24-18)15-13-5-3-4-6-14(13)19(22-20(15)28-17)26-7-9-27-10-8-26/h12H,3-11H2,1-2H3,(H,21,23,24)/p+1. The average Bonchev–Trinajstić information content (AvgIpc) is 3.11. The van der Waals surface area contributed by atoms with Gasteiger partial charge in [-0.05, 0) is 42.4 Å². The van der Waals surface area contributed by atoms with Crippen molar-refractivity contribution in [1.29, 1.82) is 0 Å². The zero-order chi connectivity index (χ0) is 19.1. The summed E-state index contributed by atoms with van der Waals surface area (Å²) in [4.78, 5) is 7.42. The number of aromatic nitrogens is 4. The Bertz CT molecular complexity index is 1010. The molecular weight excluding hydrogens is 372 g/mol. The number of thiophene rings is 1. The third-order valence-electron chi connectivity index (χ3n) is 5.68. The highest BCUT2D eigenvalue weighted by Gasteiger charge is 2.30. The van der Waals surface area contributed by atoms with Gasteiger partial charge in [-0.1, -0.05) is 25.2 Å². The first-order valence-electron chi connectivity index (χ1n) is 10.3. The van der Waals surface area contributed by atoms with Gasteiger partial charge in [-0.3, -0.25) is 4.90 Å². The van der Waals surface area contributed by atoms with Gasteiger partial charge in [-0.15, -0.1) is 10.2 Å². The summed E-state index contributed by atoms with van der Waals surface area (Å²) in [6, 6.07) is 0. The van der Waals surface area contributed by atoms with Crippen molar-refractivity contribution in [3.8, 4) is 0 Å². The molecule has 0 radical (unpaired) electrons. The fraction of sp³-hybridized carbons (Fsp3) is 0.600. The highest BCUT2D eigenvalue weighted by atomic mass is 32.1. The number of nitrogens with zero attached hydrogens (tertiary/aromatic N) is 4. The second-order valence-electron chi connectivity index (χ2n) is 8.13. The number of pyridine rings is 1. The third-order valence-corrected chi connectivity index (χ3v) is 6.78. The van der Waals surface area contributed by atoms with Crippen molar-refractivity contribution in [1.82, 2.24) is 15.4 Å². The van der Waals surface area contributed by atoms with E-state index in [0.29, 0.717) is 5.92 Å². The molecule has 0 spiro atoms. The summed E-state index contributed by atoms with van der Waals surface area (Å²) in [7, 11) is 0. The molecule has 8 heteroatoms. The second-order valence-corrected chi connectivity index (χ2v) is 9.15. The maximum Gasteiger partial charge on any atom is 0.279 e. The quantitative estimate of drug-likeness (QED) is 0.727. The van der Waals surface area contributed by atoms with Crippen LogP contribution < -0.4 is 15.2 Å². The fourth-order valence-electron chi connectivity index (χ4n) is 4.30. The minimum Gasteiger partial charge on any atom is -0.373 e. The van der Waals surface area contributed by atoms with Crippen molar-refractivity contribution in [3.63, 3.8) is 0 Å². The number of fused-ring (bicyclic) bond motifs is 5. The van der Waals surface area contributed by atoms with Gasteiger partial charge in [0, 0.05) is 12.1 Å². The number of hydrogen-bond donors (Lipinski definition) is 1. The van der Waals surface area contributed by atoms with E-state index in [2.05, 4.69) is 44.5 Å². The second kappa shape index (κ2) is 7.40. The van der Waals surface area contributed by atoms with Crippen LogP contribution in [-0.4, -0.2) is 48.3 Å². The number of ether oxygens (including phenoxy) is 1. The molecule has 5 rings (SSSR count). The molecule has 3 aromatic heterocycles. The van der Waals surface area contributed by atoms with Crippen LogP contribution in [0.5, 0.6) is 0 Å². The molecule has 7 nitrogen and oxygen atoms in total. The molecule has 0 amide bonds. The number of morpholine rings is 1. The molecule has 0 unspecified atom stereocenters. The van der Waals surface area contributed by atoms with Gasteiger partial charge < -0.3 is 10.1 Å². The molecule has 2 N–H and O–H groups in total. The lowest BCUT2D eigenvalue weighted by atomic mass is 9.90. The predicted molar refractivity (Wildman–Crippen MR) is 112 cm³/mol. The SMILES string of the molecule is CC(C)CNc1nnnc2c1sc1[nH+]c(N3CCOCC3)c3c(c12)CCCC3. The number of anilines is 2. The van der Waals surface area contributed by atoms with Crippen molar-refractivity contribution < 1.29 is 9.72 Å². The smallest absolute Gasteiger partial charge is 0.279 e.